The van der Waals surface area contributed by atoms with Crippen molar-refractivity contribution in [1.29, 1.82) is 0 Å². The first-order valence-electron chi connectivity index (χ1n) is 13.8. The van der Waals surface area contributed by atoms with E-state index < -0.39 is 73.8 Å². The molecule has 3 aliphatic rings. The monoisotopic (exact) mass is 554 g/mol. The van der Waals surface area contributed by atoms with Gasteiger partial charge in [-0.3, -0.25) is 0 Å². The molecule has 0 spiro atoms. The average Bonchev–Trinajstić information content (AvgIpc) is 2.91. The van der Waals surface area contributed by atoms with Crippen molar-refractivity contribution in [3.05, 3.63) is 0 Å². The smallest absolute Gasteiger partial charge is 0.186 e. The molecule has 0 aromatic carbocycles. The third-order valence-corrected chi connectivity index (χ3v) is 7.22. The van der Waals surface area contributed by atoms with E-state index in [2.05, 4.69) is 6.92 Å². The Labute approximate surface area is 223 Å². The van der Waals surface area contributed by atoms with E-state index in [1.165, 1.54) is 32.1 Å². The number of hydrogen-bond donors (Lipinski definition) is 7. The van der Waals surface area contributed by atoms with Gasteiger partial charge >= 0.3 is 0 Å². The topological polar surface area (TPSA) is 197 Å². The second-order valence-electron chi connectivity index (χ2n) is 10.3. The van der Waals surface area contributed by atoms with Gasteiger partial charge in [-0.05, 0) is 6.42 Å². The molecule has 38 heavy (non-hydrogen) atoms. The van der Waals surface area contributed by atoms with Crippen molar-refractivity contribution in [3.63, 3.8) is 0 Å². The molecule has 0 bridgehead atoms. The highest BCUT2D eigenvalue weighted by atomic mass is 16.7. The van der Waals surface area contributed by atoms with Gasteiger partial charge in [-0.15, -0.1) is 0 Å². The zero-order chi connectivity index (χ0) is 27.7. The van der Waals surface area contributed by atoms with E-state index in [0.717, 1.165) is 19.3 Å². The summed E-state index contributed by atoms with van der Waals surface area (Å²) in [6.07, 6.45) is -7.00. The van der Waals surface area contributed by atoms with Crippen molar-refractivity contribution in [2.45, 2.75) is 132 Å². The van der Waals surface area contributed by atoms with Gasteiger partial charge < -0.3 is 64.2 Å². The van der Waals surface area contributed by atoms with Crippen LogP contribution in [0, 0.1) is 0 Å². The largest absolute Gasteiger partial charge is 0.388 e. The lowest BCUT2D eigenvalue weighted by atomic mass is 10.0. The summed E-state index contributed by atoms with van der Waals surface area (Å²) in [4.78, 5) is 0. The SMILES string of the molecule is CCCCCCCCCCOC1OCC(OC2OCC(OC3OCC(O)C(O)C3O)C(O)C2O)C(O)C1O. The van der Waals surface area contributed by atoms with Crippen LogP contribution in [0.5, 0.6) is 0 Å². The second-order valence-corrected chi connectivity index (χ2v) is 10.3. The first-order valence-corrected chi connectivity index (χ1v) is 13.8. The third-order valence-electron chi connectivity index (χ3n) is 7.22. The number of rotatable bonds is 14. The molecule has 13 nitrogen and oxygen atoms in total. The molecule has 7 N–H and O–H groups in total. The summed E-state index contributed by atoms with van der Waals surface area (Å²) in [5, 5.41) is 71.3. The normalized spacial score (nSPS) is 42.3. The van der Waals surface area contributed by atoms with E-state index >= 15 is 0 Å². The van der Waals surface area contributed by atoms with Crippen molar-refractivity contribution in [3.8, 4) is 0 Å². The van der Waals surface area contributed by atoms with Crippen LogP contribution in [0.3, 0.4) is 0 Å². The number of ether oxygens (including phenoxy) is 6. The Bertz CT molecular complexity index is 657. The number of aliphatic hydroxyl groups excluding tert-OH is 7. The standard InChI is InChI=1S/C25H46O13/c1-2-3-4-5-6-7-8-9-10-33-23-21(31)18(28)15(12-35-23)38-25-22(32)19(29)16(13-36-25)37-24-20(30)17(27)14(26)11-34-24/h14-32H,2-13H2,1H3. The van der Waals surface area contributed by atoms with E-state index in [4.69, 9.17) is 28.4 Å². The lowest BCUT2D eigenvalue weighted by molar-refractivity contribution is -0.348. The van der Waals surface area contributed by atoms with Gasteiger partial charge in [0.15, 0.2) is 18.9 Å². The van der Waals surface area contributed by atoms with Gasteiger partial charge in [0.05, 0.1) is 19.8 Å². The highest BCUT2D eigenvalue weighted by Crippen LogP contribution is 2.27. The summed E-state index contributed by atoms with van der Waals surface area (Å²) in [6.45, 7) is 1.89. The molecule has 0 amide bonds. The van der Waals surface area contributed by atoms with Crippen LogP contribution in [-0.4, -0.2) is 136 Å². The van der Waals surface area contributed by atoms with E-state index in [9.17, 15) is 35.7 Å². The van der Waals surface area contributed by atoms with Crippen LogP contribution in [-0.2, 0) is 28.4 Å². The fourth-order valence-electron chi connectivity index (χ4n) is 4.72. The molecule has 0 radical (unpaired) electrons. The molecule has 3 rings (SSSR count). The van der Waals surface area contributed by atoms with E-state index in [1.54, 1.807) is 0 Å². The fraction of sp³-hybridized carbons (Fsp3) is 1.00. The number of hydrogen-bond acceptors (Lipinski definition) is 13. The quantitative estimate of drug-likeness (QED) is 0.123. The zero-order valence-electron chi connectivity index (χ0n) is 22.0. The molecule has 0 aromatic rings. The molecule has 0 aromatic heterocycles. The van der Waals surface area contributed by atoms with Crippen LogP contribution in [0.1, 0.15) is 58.3 Å². The molecular formula is C25H46O13. The van der Waals surface area contributed by atoms with Gasteiger partial charge in [0, 0.05) is 6.61 Å². The molecule has 12 atom stereocenters. The van der Waals surface area contributed by atoms with Crippen LogP contribution < -0.4 is 0 Å². The first kappa shape index (κ1) is 32.0. The van der Waals surface area contributed by atoms with Crippen molar-refractivity contribution >= 4 is 0 Å². The summed E-state index contributed by atoms with van der Waals surface area (Å²) in [6, 6.07) is 0. The average molecular weight is 555 g/mol. The molecule has 13 heteroatoms. The maximum Gasteiger partial charge on any atom is 0.186 e. The molecule has 3 saturated heterocycles. The molecule has 3 fully saturated rings. The van der Waals surface area contributed by atoms with E-state index in [-0.39, 0.29) is 19.8 Å². The maximum atomic E-state index is 10.5. The molecule has 3 heterocycles. The van der Waals surface area contributed by atoms with Crippen LogP contribution in [0.2, 0.25) is 0 Å². The Hall–Kier alpha value is -0.520. The lowest BCUT2D eigenvalue weighted by Gasteiger charge is -2.43. The third kappa shape index (κ3) is 8.74. The minimum atomic E-state index is -1.61. The molecule has 0 saturated carbocycles. The van der Waals surface area contributed by atoms with E-state index in [0.29, 0.717) is 6.61 Å². The summed E-state index contributed by atoms with van der Waals surface area (Å²) in [7, 11) is 0. The Kier molecular flexibility index (Phi) is 13.5. The van der Waals surface area contributed by atoms with Crippen LogP contribution in [0.4, 0.5) is 0 Å². The van der Waals surface area contributed by atoms with Gasteiger partial charge in [0.25, 0.3) is 0 Å². The van der Waals surface area contributed by atoms with Crippen LogP contribution >= 0.6 is 0 Å². The van der Waals surface area contributed by atoms with Gasteiger partial charge in [-0.2, -0.15) is 0 Å². The summed E-state index contributed by atoms with van der Waals surface area (Å²) in [5.41, 5.74) is 0. The van der Waals surface area contributed by atoms with Crippen molar-refractivity contribution in [2.75, 3.05) is 26.4 Å². The summed E-state index contributed by atoms with van der Waals surface area (Å²) < 4.78 is 32.8. The first-order chi connectivity index (χ1) is 18.2. The summed E-state index contributed by atoms with van der Waals surface area (Å²) >= 11 is 0. The maximum absolute atomic E-state index is 10.5. The molecular weight excluding hydrogens is 508 g/mol. The Morgan fingerprint density at radius 1 is 0.526 bits per heavy atom. The highest BCUT2D eigenvalue weighted by Gasteiger charge is 2.47. The van der Waals surface area contributed by atoms with Crippen LogP contribution in [0.15, 0.2) is 0 Å². The second kappa shape index (κ2) is 16.1. The van der Waals surface area contributed by atoms with Gasteiger partial charge in [0.2, 0.25) is 0 Å². The van der Waals surface area contributed by atoms with Gasteiger partial charge in [-0.1, -0.05) is 51.9 Å². The predicted molar refractivity (Wildman–Crippen MR) is 130 cm³/mol. The van der Waals surface area contributed by atoms with Crippen LogP contribution in [0.25, 0.3) is 0 Å². The Balaban J connectivity index is 1.36. The minimum absolute atomic E-state index is 0.134. The molecule has 12 unspecified atom stereocenters. The molecule has 0 aliphatic carbocycles. The van der Waals surface area contributed by atoms with Crippen molar-refractivity contribution < 1.29 is 64.2 Å². The predicted octanol–water partition coefficient (Wildman–Crippen LogP) is -1.49. The van der Waals surface area contributed by atoms with Gasteiger partial charge in [-0.25, -0.2) is 0 Å². The van der Waals surface area contributed by atoms with Gasteiger partial charge in [0.1, 0.15) is 54.9 Å². The Morgan fingerprint density at radius 3 is 1.55 bits per heavy atom. The zero-order valence-corrected chi connectivity index (χ0v) is 22.0. The van der Waals surface area contributed by atoms with E-state index in [1.807, 2.05) is 0 Å². The highest BCUT2D eigenvalue weighted by molar-refractivity contribution is 4.90. The number of aliphatic hydroxyl groups is 7. The summed E-state index contributed by atoms with van der Waals surface area (Å²) in [5.74, 6) is 0. The fourth-order valence-corrected chi connectivity index (χ4v) is 4.72. The molecule has 3 aliphatic heterocycles. The van der Waals surface area contributed by atoms with Crippen molar-refractivity contribution in [2.24, 2.45) is 0 Å². The van der Waals surface area contributed by atoms with Crippen molar-refractivity contribution in [1.82, 2.24) is 0 Å². The lowest BCUT2D eigenvalue weighted by Crippen LogP contribution is -2.61. The Morgan fingerprint density at radius 2 is 0.974 bits per heavy atom. The molecule has 224 valence electrons. The number of unbranched alkanes of at least 4 members (excludes halogenated alkanes) is 7. The minimum Gasteiger partial charge on any atom is -0.388 e.